The molecule has 0 aliphatic carbocycles. The van der Waals surface area contributed by atoms with E-state index in [4.69, 9.17) is 0 Å². The van der Waals surface area contributed by atoms with Gasteiger partial charge in [0.1, 0.15) is 11.9 Å². The number of hydrogen-bond donors (Lipinski definition) is 2. The Bertz CT molecular complexity index is 471. The number of nitro groups is 1. The Labute approximate surface area is 136 Å². The minimum atomic E-state index is -0.546. The SMILES string of the molecule is CCCCCCCCC(=O)NNc1ccncc1[N+](=O)[O-].Cl. The van der Waals surface area contributed by atoms with Crippen molar-refractivity contribution in [1.29, 1.82) is 0 Å². The van der Waals surface area contributed by atoms with Crippen LogP contribution in [0.1, 0.15) is 51.9 Å². The van der Waals surface area contributed by atoms with Crippen LogP contribution in [0.4, 0.5) is 11.4 Å². The zero-order chi connectivity index (χ0) is 15.5. The summed E-state index contributed by atoms with van der Waals surface area (Å²) >= 11 is 0. The first kappa shape index (κ1) is 20.1. The molecule has 0 spiro atoms. The average molecular weight is 331 g/mol. The molecule has 1 rings (SSSR count). The highest BCUT2D eigenvalue weighted by Gasteiger charge is 2.13. The van der Waals surface area contributed by atoms with E-state index in [1.54, 1.807) is 0 Å². The number of unbranched alkanes of at least 4 members (excludes halogenated alkanes) is 5. The molecule has 22 heavy (non-hydrogen) atoms. The predicted octanol–water partition coefficient (Wildman–Crippen LogP) is 3.61. The Kier molecular flexibility index (Phi) is 10.7. The molecule has 0 radical (unpaired) electrons. The molecule has 8 heteroatoms. The molecule has 124 valence electrons. The number of hydrogen-bond acceptors (Lipinski definition) is 5. The van der Waals surface area contributed by atoms with Crippen LogP contribution < -0.4 is 10.9 Å². The van der Waals surface area contributed by atoms with Gasteiger partial charge in [-0.15, -0.1) is 12.4 Å². The number of anilines is 1. The van der Waals surface area contributed by atoms with E-state index < -0.39 is 4.92 Å². The van der Waals surface area contributed by atoms with E-state index in [2.05, 4.69) is 22.8 Å². The van der Waals surface area contributed by atoms with Crippen molar-refractivity contribution in [1.82, 2.24) is 10.4 Å². The maximum atomic E-state index is 11.6. The molecule has 0 bridgehead atoms. The Morgan fingerprint density at radius 1 is 1.27 bits per heavy atom. The van der Waals surface area contributed by atoms with Gasteiger partial charge in [0.2, 0.25) is 5.91 Å². The molecule has 1 amide bonds. The molecule has 0 saturated heterocycles. The van der Waals surface area contributed by atoms with Crippen LogP contribution in [0, 0.1) is 10.1 Å². The molecule has 7 nitrogen and oxygen atoms in total. The van der Waals surface area contributed by atoms with Gasteiger partial charge in [0.15, 0.2) is 0 Å². The number of rotatable bonds is 10. The van der Waals surface area contributed by atoms with Crippen LogP contribution in [0.5, 0.6) is 0 Å². The quantitative estimate of drug-likeness (QED) is 0.388. The van der Waals surface area contributed by atoms with Crippen molar-refractivity contribution >= 4 is 29.7 Å². The third-order valence-corrected chi connectivity index (χ3v) is 3.09. The largest absolute Gasteiger partial charge is 0.312 e. The van der Waals surface area contributed by atoms with Gasteiger partial charge in [-0.2, -0.15) is 0 Å². The maximum Gasteiger partial charge on any atom is 0.312 e. The van der Waals surface area contributed by atoms with Crippen LogP contribution in [0.2, 0.25) is 0 Å². The van der Waals surface area contributed by atoms with Crippen LogP contribution in [0.15, 0.2) is 18.5 Å². The first-order valence-corrected chi connectivity index (χ1v) is 7.28. The number of hydrazine groups is 1. The van der Waals surface area contributed by atoms with Gasteiger partial charge >= 0.3 is 5.69 Å². The minimum absolute atomic E-state index is 0. The molecule has 2 N–H and O–H groups in total. The van der Waals surface area contributed by atoms with E-state index in [1.165, 1.54) is 31.5 Å². The highest BCUT2D eigenvalue weighted by Crippen LogP contribution is 2.20. The highest BCUT2D eigenvalue weighted by atomic mass is 35.5. The second-order valence-corrected chi connectivity index (χ2v) is 4.84. The molecule has 0 aliphatic rings. The van der Waals surface area contributed by atoms with Gasteiger partial charge in [0, 0.05) is 12.6 Å². The van der Waals surface area contributed by atoms with E-state index in [1.807, 2.05) is 0 Å². The number of nitrogens with zero attached hydrogens (tertiary/aromatic N) is 2. The number of halogens is 1. The second kappa shape index (κ2) is 11.7. The fourth-order valence-corrected chi connectivity index (χ4v) is 1.90. The predicted molar refractivity (Wildman–Crippen MR) is 87.9 cm³/mol. The van der Waals surface area contributed by atoms with Gasteiger partial charge in [-0.3, -0.25) is 30.7 Å². The molecule has 0 unspecified atom stereocenters. The van der Waals surface area contributed by atoms with Crippen molar-refractivity contribution in [3.05, 3.63) is 28.6 Å². The summed E-state index contributed by atoms with van der Waals surface area (Å²) in [5, 5.41) is 10.8. The molecule has 0 fully saturated rings. The monoisotopic (exact) mass is 330 g/mol. The minimum Gasteiger partial charge on any atom is -0.292 e. The lowest BCUT2D eigenvalue weighted by Gasteiger charge is -2.08. The zero-order valence-corrected chi connectivity index (χ0v) is 13.5. The molecule has 1 heterocycles. The Hall–Kier alpha value is -1.89. The lowest BCUT2D eigenvalue weighted by molar-refractivity contribution is -0.384. The van der Waals surface area contributed by atoms with Gasteiger partial charge in [0.25, 0.3) is 0 Å². The Balaban J connectivity index is 0.00000441. The smallest absolute Gasteiger partial charge is 0.292 e. The number of carbonyl (C=O) groups is 1. The van der Waals surface area contributed by atoms with E-state index >= 15 is 0 Å². The Morgan fingerprint density at radius 3 is 2.64 bits per heavy atom. The third kappa shape index (κ3) is 7.78. The highest BCUT2D eigenvalue weighted by molar-refractivity contribution is 5.85. The lowest BCUT2D eigenvalue weighted by atomic mass is 10.1. The average Bonchev–Trinajstić information content (AvgIpc) is 2.49. The molecule has 0 atom stereocenters. The van der Waals surface area contributed by atoms with Crippen molar-refractivity contribution in [2.75, 3.05) is 5.43 Å². The molecular weight excluding hydrogens is 308 g/mol. The summed E-state index contributed by atoms with van der Waals surface area (Å²) in [5.74, 6) is -0.170. The summed E-state index contributed by atoms with van der Waals surface area (Å²) in [5.41, 5.74) is 5.11. The zero-order valence-electron chi connectivity index (χ0n) is 12.7. The standard InChI is InChI=1S/C14H22N4O3.ClH/c1-2-3-4-5-6-7-8-14(19)17-16-12-9-10-15-11-13(12)18(20)21;/h9-11H,2-8H2,1H3,(H,15,16)(H,17,19);1H. The summed E-state index contributed by atoms with van der Waals surface area (Å²) in [6.45, 7) is 2.16. The van der Waals surface area contributed by atoms with Crippen LogP contribution in [-0.2, 0) is 4.79 Å². The van der Waals surface area contributed by atoms with Crippen LogP contribution in [0.25, 0.3) is 0 Å². The number of aromatic nitrogens is 1. The van der Waals surface area contributed by atoms with Crippen molar-refractivity contribution in [2.45, 2.75) is 51.9 Å². The van der Waals surface area contributed by atoms with Crippen molar-refractivity contribution < 1.29 is 9.72 Å². The summed E-state index contributed by atoms with van der Waals surface area (Å²) in [6.07, 6.45) is 9.63. The van der Waals surface area contributed by atoms with Gasteiger partial charge in [-0.1, -0.05) is 39.0 Å². The normalized spacial score (nSPS) is 9.68. The van der Waals surface area contributed by atoms with Gasteiger partial charge in [0.05, 0.1) is 4.92 Å². The number of amides is 1. The van der Waals surface area contributed by atoms with Gasteiger partial charge in [-0.05, 0) is 12.5 Å². The molecule has 0 saturated carbocycles. The number of pyridine rings is 1. The fourth-order valence-electron chi connectivity index (χ4n) is 1.90. The summed E-state index contributed by atoms with van der Waals surface area (Å²) in [6, 6.07) is 1.45. The van der Waals surface area contributed by atoms with Crippen LogP contribution >= 0.6 is 12.4 Å². The first-order chi connectivity index (χ1) is 10.1. The maximum absolute atomic E-state index is 11.6. The van der Waals surface area contributed by atoms with E-state index in [0.29, 0.717) is 6.42 Å². The van der Waals surface area contributed by atoms with Crippen molar-refractivity contribution in [3.8, 4) is 0 Å². The summed E-state index contributed by atoms with van der Waals surface area (Å²) < 4.78 is 0. The van der Waals surface area contributed by atoms with Crippen LogP contribution in [0.3, 0.4) is 0 Å². The molecule has 1 aromatic heterocycles. The lowest BCUT2D eigenvalue weighted by Crippen LogP contribution is -2.29. The topological polar surface area (TPSA) is 97.2 Å². The Morgan fingerprint density at radius 2 is 1.95 bits per heavy atom. The third-order valence-electron chi connectivity index (χ3n) is 3.09. The number of carbonyl (C=O) groups excluding carboxylic acids is 1. The van der Waals surface area contributed by atoms with Crippen molar-refractivity contribution in [2.24, 2.45) is 0 Å². The van der Waals surface area contributed by atoms with Gasteiger partial charge in [-0.25, -0.2) is 0 Å². The molecular formula is C14H23ClN4O3. The molecule has 1 aromatic rings. The summed E-state index contributed by atoms with van der Waals surface area (Å²) in [4.78, 5) is 25.5. The van der Waals surface area contributed by atoms with Crippen LogP contribution in [-0.4, -0.2) is 15.8 Å². The fraction of sp³-hybridized carbons (Fsp3) is 0.571. The second-order valence-electron chi connectivity index (χ2n) is 4.84. The first-order valence-electron chi connectivity index (χ1n) is 7.28. The molecule has 0 aromatic carbocycles. The van der Waals surface area contributed by atoms with E-state index in [-0.39, 0.29) is 29.7 Å². The van der Waals surface area contributed by atoms with E-state index in [0.717, 1.165) is 25.5 Å². The molecule has 0 aliphatic heterocycles. The van der Waals surface area contributed by atoms with Gasteiger partial charge < -0.3 is 0 Å². The van der Waals surface area contributed by atoms with Crippen molar-refractivity contribution in [3.63, 3.8) is 0 Å². The van der Waals surface area contributed by atoms with E-state index in [9.17, 15) is 14.9 Å². The number of nitrogens with one attached hydrogen (secondary N) is 2. The summed E-state index contributed by atoms with van der Waals surface area (Å²) in [7, 11) is 0.